The molecule has 4 rings (SSSR count). The highest BCUT2D eigenvalue weighted by Gasteiger charge is 2.57. The minimum atomic E-state index is -0.0143. The first-order valence-corrected chi connectivity index (χ1v) is 9.64. The van der Waals surface area contributed by atoms with E-state index in [0.29, 0.717) is 5.92 Å². The molecule has 0 aliphatic carbocycles. The van der Waals surface area contributed by atoms with Crippen LogP contribution in [-0.2, 0) is 4.79 Å². The maximum absolute atomic E-state index is 12.6. The second kappa shape index (κ2) is 6.56. The third-order valence-corrected chi connectivity index (χ3v) is 6.33. The van der Waals surface area contributed by atoms with Crippen LogP contribution in [0.3, 0.4) is 0 Å². The number of anilines is 1. The fourth-order valence-electron chi connectivity index (χ4n) is 4.82. The van der Waals surface area contributed by atoms with Crippen molar-refractivity contribution in [3.63, 3.8) is 0 Å². The second-order valence-electron chi connectivity index (χ2n) is 8.34. The highest BCUT2D eigenvalue weighted by Crippen LogP contribution is 2.44. The monoisotopic (exact) mass is 343 g/mol. The Morgan fingerprint density at radius 2 is 1.96 bits per heavy atom. The van der Waals surface area contributed by atoms with Crippen LogP contribution >= 0.6 is 0 Å². The van der Waals surface area contributed by atoms with E-state index in [1.165, 1.54) is 6.42 Å². The number of carbonyl (C=O) groups is 1. The Hall–Kier alpha value is -1.69. The van der Waals surface area contributed by atoms with Crippen LogP contribution in [0.4, 0.5) is 5.95 Å². The molecule has 0 aromatic carbocycles. The fourth-order valence-corrected chi connectivity index (χ4v) is 4.82. The number of fused-ring (bicyclic) bond motifs is 2. The number of nitrogens with zero attached hydrogens (tertiary/aromatic N) is 4. The summed E-state index contributed by atoms with van der Waals surface area (Å²) in [5.74, 6) is 2.46. The number of hydrogen-bond donors (Lipinski definition) is 1. The standard InChI is InChI=1S/C19H29N5O/c1-14(2)4-9-23-12-15-16(13-23)19(22-17(15)25)5-10-24(11-6-19)18-20-7-3-8-21-18/h3,7-8,14-16H,4-6,9-13H2,1-2H3,(H,22,25)/t15-,16+/m0/s1. The lowest BCUT2D eigenvalue weighted by Crippen LogP contribution is -2.55. The van der Waals surface area contributed by atoms with E-state index in [4.69, 9.17) is 0 Å². The van der Waals surface area contributed by atoms with Crippen LogP contribution in [-0.4, -0.2) is 59.0 Å². The Morgan fingerprint density at radius 3 is 2.64 bits per heavy atom. The molecule has 1 aromatic heterocycles. The summed E-state index contributed by atoms with van der Waals surface area (Å²) in [4.78, 5) is 26.1. The Labute approximate surface area is 150 Å². The van der Waals surface area contributed by atoms with E-state index >= 15 is 0 Å². The third kappa shape index (κ3) is 3.12. The first-order valence-electron chi connectivity index (χ1n) is 9.64. The average molecular weight is 343 g/mol. The zero-order chi connectivity index (χ0) is 17.4. The number of aromatic nitrogens is 2. The fraction of sp³-hybridized carbons (Fsp3) is 0.737. The molecule has 4 heterocycles. The van der Waals surface area contributed by atoms with Crippen molar-refractivity contribution in [2.24, 2.45) is 17.8 Å². The molecular weight excluding hydrogens is 314 g/mol. The van der Waals surface area contributed by atoms with E-state index in [1.807, 2.05) is 6.07 Å². The topological polar surface area (TPSA) is 61.4 Å². The summed E-state index contributed by atoms with van der Waals surface area (Å²) in [5, 5.41) is 3.40. The number of nitrogens with one attached hydrogen (secondary N) is 1. The van der Waals surface area contributed by atoms with Gasteiger partial charge < -0.3 is 15.1 Å². The number of hydrogen-bond acceptors (Lipinski definition) is 5. The van der Waals surface area contributed by atoms with Gasteiger partial charge in [-0.3, -0.25) is 4.79 Å². The molecule has 3 fully saturated rings. The zero-order valence-electron chi connectivity index (χ0n) is 15.3. The molecule has 6 heteroatoms. The summed E-state index contributed by atoms with van der Waals surface area (Å²) < 4.78 is 0. The summed E-state index contributed by atoms with van der Waals surface area (Å²) in [5.41, 5.74) is -0.0143. The molecule has 6 nitrogen and oxygen atoms in total. The summed E-state index contributed by atoms with van der Waals surface area (Å²) >= 11 is 0. The van der Waals surface area contributed by atoms with Crippen LogP contribution in [0, 0.1) is 17.8 Å². The quantitative estimate of drug-likeness (QED) is 0.899. The highest BCUT2D eigenvalue weighted by atomic mass is 16.2. The number of carbonyl (C=O) groups excluding carboxylic acids is 1. The third-order valence-electron chi connectivity index (χ3n) is 6.33. The molecule has 0 saturated carbocycles. The summed E-state index contributed by atoms with van der Waals surface area (Å²) in [6.45, 7) is 9.50. The Kier molecular flexibility index (Phi) is 4.40. The van der Waals surface area contributed by atoms with Crippen molar-refractivity contribution in [3.05, 3.63) is 18.5 Å². The van der Waals surface area contributed by atoms with E-state index in [-0.39, 0.29) is 17.4 Å². The van der Waals surface area contributed by atoms with Crippen LogP contribution in [0.15, 0.2) is 18.5 Å². The van der Waals surface area contributed by atoms with Crippen molar-refractivity contribution in [1.82, 2.24) is 20.2 Å². The van der Waals surface area contributed by atoms with Gasteiger partial charge in [0, 0.05) is 50.0 Å². The van der Waals surface area contributed by atoms with E-state index in [1.54, 1.807) is 12.4 Å². The van der Waals surface area contributed by atoms with Crippen LogP contribution in [0.5, 0.6) is 0 Å². The van der Waals surface area contributed by atoms with Gasteiger partial charge in [0.2, 0.25) is 11.9 Å². The zero-order valence-corrected chi connectivity index (χ0v) is 15.3. The lowest BCUT2D eigenvalue weighted by molar-refractivity contribution is -0.123. The van der Waals surface area contributed by atoms with Gasteiger partial charge in [-0.1, -0.05) is 13.8 Å². The molecule has 0 radical (unpaired) electrons. The van der Waals surface area contributed by atoms with Crippen molar-refractivity contribution in [2.75, 3.05) is 37.6 Å². The van der Waals surface area contributed by atoms with E-state index in [9.17, 15) is 4.79 Å². The van der Waals surface area contributed by atoms with E-state index in [2.05, 4.69) is 38.9 Å². The summed E-state index contributed by atoms with van der Waals surface area (Å²) in [6, 6.07) is 1.85. The van der Waals surface area contributed by atoms with E-state index in [0.717, 1.165) is 57.4 Å². The van der Waals surface area contributed by atoms with Gasteiger partial charge in [-0.25, -0.2) is 9.97 Å². The Balaban J connectivity index is 1.42. The number of rotatable bonds is 4. The molecule has 0 unspecified atom stereocenters. The van der Waals surface area contributed by atoms with Gasteiger partial charge in [0.1, 0.15) is 0 Å². The Bertz CT molecular complexity index is 612. The number of piperidine rings is 1. The Morgan fingerprint density at radius 1 is 1.24 bits per heavy atom. The molecule has 25 heavy (non-hydrogen) atoms. The van der Waals surface area contributed by atoms with Crippen molar-refractivity contribution in [3.8, 4) is 0 Å². The predicted octanol–water partition coefficient (Wildman–Crippen LogP) is 1.54. The molecule has 1 aromatic rings. The minimum Gasteiger partial charge on any atom is -0.350 e. The molecule has 0 bridgehead atoms. The van der Waals surface area contributed by atoms with Gasteiger partial charge in [-0.15, -0.1) is 0 Å². The minimum absolute atomic E-state index is 0.0143. The molecular formula is C19H29N5O. The maximum atomic E-state index is 12.6. The average Bonchev–Trinajstić information content (AvgIpc) is 3.15. The van der Waals surface area contributed by atoms with Crippen LogP contribution in [0.25, 0.3) is 0 Å². The molecule has 3 saturated heterocycles. The molecule has 2 atom stereocenters. The van der Waals surface area contributed by atoms with Gasteiger partial charge in [0.05, 0.1) is 5.92 Å². The normalized spacial score (nSPS) is 28.6. The van der Waals surface area contributed by atoms with Crippen molar-refractivity contribution >= 4 is 11.9 Å². The smallest absolute Gasteiger partial charge is 0.225 e. The van der Waals surface area contributed by atoms with E-state index < -0.39 is 0 Å². The number of amides is 1. The first-order chi connectivity index (χ1) is 12.1. The van der Waals surface area contributed by atoms with Gasteiger partial charge in [0.25, 0.3) is 0 Å². The van der Waals surface area contributed by atoms with Gasteiger partial charge in [0.15, 0.2) is 0 Å². The second-order valence-corrected chi connectivity index (χ2v) is 8.34. The van der Waals surface area contributed by atoms with Crippen LogP contribution < -0.4 is 10.2 Å². The lowest BCUT2D eigenvalue weighted by atomic mass is 9.75. The number of likely N-dealkylation sites (tertiary alicyclic amines) is 1. The molecule has 3 aliphatic heterocycles. The molecule has 3 aliphatic rings. The SMILES string of the molecule is CC(C)CCN1C[C@@H]2C(=O)NC3(CCN(c4ncccn4)CC3)[C@@H]2C1. The first kappa shape index (κ1) is 16.8. The van der Waals surface area contributed by atoms with Crippen molar-refractivity contribution < 1.29 is 4.79 Å². The van der Waals surface area contributed by atoms with Crippen LogP contribution in [0.2, 0.25) is 0 Å². The molecule has 1 amide bonds. The van der Waals surface area contributed by atoms with Gasteiger partial charge in [-0.2, -0.15) is 0 Å². The van der Waals surface area contributed by atoms with Crippen LogP contribution in [0.1, 0.15) is 33.1 Å². The highest BCUT2D eigenvalue weighted by molar-refractivity contribution is 5.83. The molecule has 1 spiro atoms. The predicted molar refractivity (Wildman–Crippen MR) is 97.2 cm³/mol. The molecule has 1 N–H and O–H groups in total. The maximum Gasteiger partial charge on any atom is 0.225 e. The molecule has 136 valence electrons. The van der Waals surface area contributed by atoms with Crippen molar-refractivity contribution in [2.45, 2.75) is 38.6 Å². The lowest BCUT2D eigenvalue weighted by Gasteiger charge is -2.42. The van der Waals surface area contributed by atoms with Gasteiger partial charge in [-0.05, 0) is 37.8 Å². The van der Waals surface area contributed by atoms with Gasteiger partial charge >= 0.3 is 0 Å². The summed E-state index contributed by atoms with van der Waals surface area (Å²) in [7, 11) is 0. The summed E-state index contributed by atoms with van der Waals surface area (Å²) in [6.07, 6.45) is 6.80. The van der Waals surface area contributed by atoms with Crippen molar-refractivity contribution in [1.29, 1.82) is 0 Å². The largest absolute Gasteiger partial charge is 0.350 e.